The molecule has 0 radical (unpaired) electrons. The number of amides is 1. The second-order valence-electron chi connectivity index (χ2n) is 5.94. The lowest BCUT2D eigenvalue weighted by atomic mass is 10.1. The Bertz CT molecular complexity index is 710. The highest BCUT2D eigenvalue weighted by molar-refractivity contribution is 5.76. The Hall–Kier alpha value is -2.63. The molecule has 1 fully saturated rings. The van der Waals surface area contributed by atoms with Crippen LogP contribution in [0.2, 0.25) is 0 Å². The molecule has 2 aromatic rings. The molecular weight excluding hydrogens is 316 g/mol. The lowest BCUT2D eigenvalue weighted by Crippen LogP contribution is -2.48. The van der Waals surface area contributed by atoms with Crippen molar-refractivity contribution in [2.45, 2.75) is 20.3 Å². The molecule has 0 aliphatic carbocycles. The van der Waals surface area contributed by atoms with E-state index in [9.17, 15) is 4.79 Å². The third kappa shape index (κ3) is 4.07. The number of aromatic nitrogens is 2. The van der Waals surface area contributed by atoms with Gasteiger partial charge in [0.05, 0.1) is 12.3 Å². The van der Waals surface area contributed by atoms with Crippen molar-refractivity contribution in [3.05, 3.63) is 36.7 Å². The third-order valence-electron chi connectivity index (χ3n) is 4.37. The summed E-state index contributed by atoms with van der Waals surface area (Å²) in [5.41, 5.74) is 1.92. The molecule has 0 bridgehead atoms. The fourth-order valence-corrected chi connectivity index (χ4v) is 2.97. The minimum Gasteiger partial charge on any atom is -0.494 e. The van der Waals surface area contributed by atoms with Crippen molar-refractivity contribution < 1.29 is 9.53 Å². The number of benzene rings is 1. The van der Waals surface area contributed by atoms with Crippen molar-refractivity contribution in [2.24, 2.45) is 0 Å². The van der Waals surface area contributed by atoms with E-state index in [1.54, 1.807) is 6.33 Å². The summed E-state index contributed by atoms with van der Waals surface area (Å²) in [5, 5.41) is 0. The van der Waals surface area contributed by atoms with Crippen molar-refractivity contribution >= 4 is 11.7 Å². The van der Waals surface area contributed by atoms with E-state index >= 15 is 0 Å². The highest BCUT2D eigenvalue weighted by atomic mass is 16.5. The van der Waals surface area contributed by atoms with Crippen molar-refractivity contribution in [3.63, 3.8) is 0 Å². The van der Waals surface area contributed by atoms with Crippen LogP contribution in [0.25, 0.3) is 11.3 Å². The quantitative estimate of drug-likeness (QED) is 0.837. The zero-order valence-corrected chi connectivity index (χ0v) is 14.8. The molecule has 6 nitrogen and oxygen atoms in total. The number of anilines is 1. The van der Waals surface area contributed by atoms with Gasteiger partial charge >= 0.3 is 0 Å². The van der Waals surface area contributed by atoms with E-state index in [1.165, 1.54) is 0 Å². The Labute approximate surface area is 148 Å². The van der Waals surface area contributed by atoms with Crippen LogP contribution in [0.15, 0.2) is 36.7 Å². The van der Waals surface area contributed by atoms with Crippen LogP contribution in [-0.2, 0) is 4.79 Å². The maximum atomic E-state index is 11.8. The van der Waals surface area contributed by atoms with Gasteiger partial charge in [0, 0.05) is 44.2 Å². The van der Waals surface area contributed by atoms with E-state index in [1.807, 2.05) is 49.1 Å². The second kappa shape index (κ2) is 7.96. The Morgan fingerprint density at radius 1 is 1.08 bits per heavy atom. The minimum absolute atomic E-state index is 0.220. The molecule has 0 unspecified atom stereocenters. The molecule has 0 atom stereocenters. The summed E-state index contributed by atoms with van der Waals surface area (Å²) in [5.74, 6) is 1.98. The maximum absolute atomic E-state index is 11.8. The van der Waals surface area contributed by atoms with E-state index < -0.39 is 0 Å². The van der Waals surface area contributed by atoms with Crippen molar-refractivity contribution in [1.29, 1.82) is 0 Å². The number of ether oxygens (including phenoxy) is 1. The molecule has 0 N–H and O–H groups in total. The summed E-state index contributed by atoms with van der Waals surface area (Å²) in [6.45, 7) is 7.62. The number of carbonyl (C=O) groups excluding carboxylic acids is 1. The minimum atomic E-state index is 0.220. The van der Waals surface area contributed by atoms with Gasteiger partial charge in [-0.3, -0.25) is 4.79 Å². The molecule has 6 heteroatoms. The Balaban J connectivity index is 1.70. The van der Waals surface area contributed by atoms with Crippen LogP contribution < -0.4 is 9.64 Å². The number of hydrogen-bond acceptors (Lipinski definition) is 5. The summed E-state index contributed by atoms with van der Waals surface area (Å²) < 4.78 is 5.48. The van der Waals surface area contributed by atoms with Crippen LogP contribution >= 0.6 is 0 Å². The van der Waals surface area contributed by atoms with Gasteiger partial charge in [-0.1, -0.05) is 6.92 Å². The summed E-state index contributed by atoms with van der Waals surface area (Å²) in [7, 11) is 0. The van der Waals surface area contributed by atoms with Crippen LogP contribution in [0.3, 0.4) is 0 Å². The molecule has 0 spiro atoms. The largest absolute Gasteiger partial charge is 0.494 e. The monoisotopic (exact) mass is 340 g/mol. The fourth-order valence-electron chi connectivity index (χ4n) is 2.97. The number of carbonyl (C=O) groups is 1. The van der Waals surface area contributed by atoms with Crippen molar-refractivity contribution in [1.82, 2.24) is 14.9 Å². The smallest absolute Gasteiger partial charge is 0.222 e. The Morgan fingerprint density at radius 2 is 1.80 bits per heavy atom. The first-order valence-electron chi connectivity index (χ1n) is 8.79. The van der Waals surface area contributed by atoms with Gasteiger partial charge < -0.3 is 14.5 Å². The zero-order valence-electron chi connectivity index (χ0n) is 14.8. The average Bonchev–Trinajstić information content (AvgIpc) is 2.68. The molecular formula is C19H24N4O2. The molecule has 2 heterocycles. The van der Waals surface area contributed by atoms with E-state index in [4.69, 9.17) is 4.74 Å². The highest BCUT2D eigenvalue weighted by Crippen LogP contribution is 2.24. The first kappa shape index (κ1) is 17.2. The molecule has 25 heavy (non-hydrogen) atoms. The van der Waals surface area contributed by atoms with Gasteiger partial charge in [0.2, 0.25) is 5.91 Å². The van der Waals surface area contributed by atoms with E-state index in [0.717, 1.165) is 49.0 Å². The second-order valence-corrected chi connectivity index (χ2v) is 5.94. The standard InChI is InChI=1S/C19H24N4O2/c1-3-19(24)23-11-9-22(10-12-23)18-13-17(20-14-21-18)15-5-7-16(8-6-15)25-4-2/h5-8,13-14H,3-4,9-12H2,1-2H3. The topological polar surface area (TPSA) is 58.6 Å². The van der Waals surface area contributed by atoms with Crippen molar-refractivity contribution in [3.8, 4) is 17.0 Å². The van der Waals surface area contributed by atoms with Crippen LogP contribution in [0.1, 0.15) is 20.3 Å². The third-order valence-corrected chi connectivity index (χ3v) is 4.37. The number of rotatable bonds is 5. The van der Waals surface area contributed by atoms with Gasteiger partial charge in [0.25, 0.3) is 0 Å². The molecule has 1 aliphatic heterocycles. The molecule has 1 saturated heterocycles. The van der Waals surface area contributed by atoms with Gasteiger partial charge in [-0.2, -0.15) is 0 Å². The highest BCUT2D eigenvalue weighted by Gasteiger charge is 2.21. The summed E-state index contributed by atoms with van der Waals surface area (Å²) in [6, 6.07) is 9.93. The van der Waals surface area contributed by atoms with Crippen LogP contribution in [0.5, 0.6) is 5.75 Å². The summed E-state index contributed by atoms with van der Waals surface area (Å²) in [4.78, 5) is 24.7. The Kier molecular flexibility index (Phi) is 5.48. The molecule has 3 rings (SSSR count). The van der Waals surface area contributed by atoms with E-state index in [-0.39, 0.29) is 5.91 Å². The van der Waals surface area contributed by atoms with Gasteiger partial charge in [-0.15, -0.1) is 0 Å². The molecule has 0 saturated carbocycles. The van der Waals surface area contributed by atoms with Gasteiger partial charge in [-0.05, 0) is 31.2 Å². The first-order chi connectivity index (χ1) is 12.2. The lowest BCUT2D eigenvalue weighted by Gasteiger charge is -2.35. The van der Waals surface area contributed by atoms with Gasteiger partial charge in [-0.25, -0.2) is 9.97 Å². The molecule has 1 aromatic carbocycles. The summed E-state index contributed by atoms with van der Waals surface area (Å²) in [6.07, 6.45) is 2.17. The number of hydrogen-bond donors (Lipinski definition) is 0. The average molecular weight is 340 g/mol. The molecule has 132 valence electrons. The van der Waals surface area contributed by atoms with Crippen molar-refractivity contribution in [2.75, 3.05) is 37.7 Å². The zero-order chi connectivity index (χ0) is 17.6. The molecule has 1 aliphatic rings. The lowest BCUT2D eigenvalue weighted by molar-refractivity contribution is -0.131. The van der Waals surface area contributed by atoms with Crippen LogP contribution in [0.4, 0.5) is 5.82 Å². The van der Waals surface area contributed by atoms with Crippen LogP contribution in [-0.4, -0.2) is 53.6 Å². The normalized spacial score (nSPS) is 14.5. The van der Waals surface area contributed by atoms with Gasteiger partial charge in [0.1, 0.15) is 17.9 Å². The molecule has 1 aromatic heterocycles. The predicted molar refractivity (Wildman–Crippen MR) is 97.7 cm³/mol. The van der Waals surface area contributed by atoms with Crippen LogP contribution in [0, 0.1) is 0 Å². The van der Waals surface area contributed by atoms with E-state index in [0.29, 0.717) is 13.0 Å². The maximum Gasteiger partial charge on any atom is 0.222 e. The Morgan fingerprint density at radius 3 is 2.44 bits per heavy atom. The predicted octanol–water partition coefficient (Wildman–Crippen LogP) is 2.60. The summed E-state index contributed by atoms with van der Waals surface area (Å²) >= 11 is 0. The fraction of sp³-hybridized carbons (Fsp3) is 0.421. The first-order valence-corrected chi connectivity index (χ1v) is 8.79. The van der Waals surface area contributed by atoms with Gasteiger partial charge in [0.15, 0.2) is 0 Å². The number of nitrogens with zero attached hydrogens (tertiary/aromatic N) is 4. The molecule has 1 amide bonds. The SMILES string of the molecule is CCOc1ccc(-c2cc(N3CCN(C(=O)CC)CC3)ncn2)cc1. The van der Waals surface area contributed by atoms with E-state index in [2.05, 4.69) is 14.9 Å². The number of piperazine rings is 1.